The third kappa shape index (κ3) is 2.98. The quantitative estimate of drug-likeness (QED) is 0.710. The molecule has 2 aromatic heterocycles. The van der Waals surface area contributed by atoms with Gasteiger partial charge in [0.05, 0.1) is 17.4 Å². The van der Waals surface area contributed by atoms with Crippen LogP contribution in [0.3, 0.4) is 0 Å². The molecule has 0 fully saturated rings. The maximum Gasteiger partial charge on any atom is 0.252 e. The molecule has 3 N–H and O–H groups in total. The van der Waals surface area contributed by atoms with E-state index in [4.69, 9.17) is 5.73 Å². The Morgan fingerprint density at radius 3 is 2.83 bits per heavy atom. The third-order valence-corrected chi connectivity index (χ3v) is 3.62. The second-order valence-corrected chi connectivity index (χ2v) is 5.81. The zero-order valence-corrected chi connectivity index (χ0v) is 13.4. The van der Waals surface area contributed by atoms with Gasteiger partial charge in [-0.25, -0.2) is 4.68 Å². The molecule has 0 saturated carbocycles. The van der Waals surface area contributed by atoms with E-state index in [1.807, 2.05) is 18.2 Å². The summed E-state index contributed by atoms with van der Waals surface area (Å²) in [7, 11) is 0. The Balaban J connectivity index is 1.77. The van der Waals surface area contributed by atoms with Crippen molar-refractivity contribution >= 4 is 34.2 Å². The summed E-state index contributed by atoms with van der Waals surface area (Å²) < 4.78 is 2.88. The molecule has 24 heavy (non-hydrogen) atoms. The van der Waals surface area contributed by atoms with Gasteiger partial charge >= 0.3 is 0 Å². The van der Waals surface area contributed by atoms with Crippen LogP contribution in [-0.2, 0) is 11.3 Å². The van der Waals surface area contributed by atoms with Crippen molar-refractivity contribution in [2.24, 2.45) is 5.92 Å². The number of carbonyl (C=O) groups is 2. The van der Waals surface area contributed by atoms with Crippen molar-refractivity contribution < 1.29 is 9.59 Å². The van der Waals surface area contributed by atoms with Crippen LogP contribution >= 0.6 is 0 Å². The molecule has 0 radical (unpaired) electrons. The predicted octanol–water partition coefficient (Wildman–Crippen LogP) is 1.75. The first-order valence-electron chi connectivity index (χ1n) is 7.55. The molecule has 8 heteroatoms. The van der Waals surface area contributed by atoms with E-state index in [2.05, 4.69) is 15.6 Å². The summed E-state index contributed by atoms with van der Waals surface area (Å²) in [5.41, 5.74) is 7.18. The van der Waals surface area contributed by atoms with Gasteiger partial charge in [0.1, 0.15) is 6.54 Å². The molecule has 0 saturated heterocycles. The molecule has 8 nitrogen and oxygen atoms in total. The number of nitrogens with one attached hydrogen (secondary N) is 1. The van der Waals surface area contributed by atoms with E-state index in [0.29, 0.717) is 17.0 Å². The lowest BCUT2D eigenvalue weighted by Crippen LogP contribution is -2.18. The van der Waals surface area contributed by atoms with Crippen molar-refractivity contribution in [3.05, 3.63) is 36.7 Å². The van der Waals surface area contributed by atoms with Crippen LogP contribution in [0.4, 0.5) is 11.5 Å². The van der Waals surface area contributed by atoms with Crippen LogP contribution in [0.1, 0.15) is 18.6 Å². The number of rotatable bonds is 4. The number of aromatic nitrogens is 4. The maximum absolute atomic E-state index is 12.5. The Kier molecular flexibility index (Phi) is 4.03. The average Bonchev–Trinajstić information content (AvgIpc) is 3.14. The lowest BCUT2D eigenvalue weighted by Gasteiger charge is -2.06. The van der Waals surface area contributed by atoms with Gasteiger partial charge in [-0.15, -0.1) is 5.10 Å². The Bertz CT molecular complexity index is 908. The molecule has 3 aromatic rings. The number of benzene rings is 1. The molecule has 0 bridgehead atoms. The summed E-state index contributed by atoms with van der Waals surface area (Å²) >= 11 is 0. The monoisotopic (exact) mass is 326 g/mol. The highest BCUT2D eigenvalue weighted by Gasteiger charge is 2.14. The van der Waals surface area contributed by atoms with E-state index in [1.54, 1.807) is 26.1 Å². The molecular formula is C16H18N6O2. The molecule has 3 rings (SSSR count). The summed E-state index contributed by atoms with van der Waals surface area (Å²) in [5, 5.41) is 11.2. The zero-order valence-electron chi connectivity index (χ0n) is 13.4. The van der Waals surface area contributed by atoms with Crippen molar-refractivity contribution in [2.45, 2.75) is 20.4 Å². The van der Waals surface area contributed by atoms with Crippen LogP contribution in [0, 0.1) is 5.92 Å². The molecule has 0 aliphatic carbocycles. The van der Waals surface area contributed by atoms with Gasteiger partial charge < -0.3 is 11.1 Å². The third-order valence-electron chi connectivity index (χ3n) is 3.62. The number of fused-ring (bicyclic) bond motifs is 1. The lowest BCUT2D eigenvalue weighted by atomic mass is 10.2. The van der Waals surface area contributed by atoms with Gasteiger partial charge in [0, 0.05) is 17.5 Å². The normalized spacial score (nSPS) is 11.1. The summed E-state index contributed by atoms with van der Waals surface area (Å²) in [6, 6.07) is 7.32. The van der Waals surface area contributed by atoms with E-state index in [9.17, 15) is 9.59 Å². The van der Waals surface area contributed by atoms with Gasteiger partial charge in [-0.3, -0.25) is 14.2 Å². The summed E-state index contributed by atoms with van der Waals surface area (Å²) in [4.78, 5) is 24.2. The van der Waals surface area contributed by atoms with E-state index < -0.39 is 0 Å². The number of nitrogens with zero attached hydrogens (tertiary/aromatic N) is 4. The maximum atomic E-state index is 12.5. The largest absolute Gasteiger partial charge is 0.397 e. The fourth-order valence-corrected chi connectivity index (χ4v) is 2.35. The van der Waals surface area contributed by atoms with Gasteiger partial charge in [-0.1, -0.05) is 31.2 Å². The number of carbonyl (C=O) groups excluding carboxylic acids is 2. The van der Waals surface area contributed by atoms with Gasteiger partial charge in [-0.2, -0.15) is 0 Å². The number of para-hydroxylation sites is 1. The number of nitrogens with two attached hydrogens (primary N) is 1. The minimum atomic E-state index is -0.200. The number of amides is 1. The number of anilines is 2. The molecule has 1 aromatic carbocycles. The second kappa shape index (κ2) is 6.15. The van der Waals surface area contributed by atoms with Crippen LogP contribution in [0.5, 0.6) is 0 Å². The van der Waals surface area contributed by atoms with Crippen LogP contribution in [0.2, 0.25) is 0 Å². The Morgan fingerprint density at radius 2 is 2.08 bits per heavy atom. The van der Waals surface area contributed by atoms with Crippen molar-refractivity contribution in [1.82, 2.24) is 19.6 Å². The molecule has 0 aliphatic heterocycles. The highest BCUT2D eigenvalue weighted by molar-refractivity contribution is 5.98. The smallest absolute Gasteiger partial charge is 0.252 e. The van der Waals surface area contributed by atoms with Crippen molar-refractivity contribution in [3.8, 4) is 0 Å². The van der Waals surface area contributed by atoms with E-state index in [-0.39, 0.29) is 24.3 Å². The number of hydrogen-bond acceptors (Lipinski definition) is 5. The number of nitrogen functional groups attached to an aromatic ring is 1. The van der Waals surface area contributed by atoms with Crippen molar-refractivity contribution in [2.75, 3.05) is 11.1 Å². The first kappa shape index (κ1) is 15.7. The SMILES string of the molecule is CC(C)C(=O)Nc1cn(CC(=O)n2ccc3cccc(N)c32)nn1. The Labute approximate surface area is 138 Å². The first-order chi connectivity index (χ1) is 11.5. The minimum absolute atomic E-state index is 0.0112. The van der Waals surface area contributed by atoms with E-state index >= 15 is 0 Å². The highest BCUT2D eigenvalue weighted by Crippen LogP contribution is 2.22. The molecule has 124 valence electrons. The molecule has 0 spiro atoms. The fraction of sp³-hybridized carbons (Fsp3) is 0.250. The first-order valence-corrected chi connectivity index (χ1v) is 7.55. The van der Waals surface area contributed by atoms with E-state index in [1.165, 1.54) is 15.4 Å². The molecule has 0 aliphatic rings. The molecule has 0 unspecified atom stereocenters. The van der Waals surface area contributed by atoms with Crippen LogP contribution in [-0.4, -0.2) is 31.4 Å². The summed E-state index contributed by atoms with van der Waals surface area (Å²) in [5.74, 6) is -0.198. The van der Waals surface area contributed by atoms with Crippen LogP contribution in [0.15, 0.2) is 36.7 Å². The topological polar surface area (TPSA) is 108 Å². The van der Waals surface area contributed by atoms with Gasteiger partial charge in [0.25, 0.3) is 5.91 Å². The van der Waals surface area contributed by atoms with Gasteiger partial charge in [0.2, 0.25) is 5.91 Å². The summed E-state index contributed by atoms with van der Waals surface area (Å²) in [6.45, 7) is 3.55. The molecule has 1 amide bonds. The molecular weight excluding hydrogens is 308 g/mol. The standard InChI is InChI=1S/C16H18N6O2/c1-10(2)16(24)18-13-8-21(20-19-13)9-14(23)22-7-6-11-4-3-5-12(17)15(11)22/h3-8,10H,9,17H2,1-2H3,(H,18,24). The molecule has 2 heterocycles. The zero-order chi connectivity index (χ0) is 17.3. The van der Waals surface area contributed by atoms with E-state index in [0.717, 1.165) is 5.39 Å². The predicted molar refractivity (Wildman–Crippen MR) is 90.5 cm³/mol. The second-order valence-electron chi connectivity index (χ2n) is 5.81. The lowest BCUT2D eigenvalue weighted by molar-refractivity contribution is -0.118. The molecule has 0 atom stereocenters. The minimum Gasteiger partial charge on any atom is -0.397 e. The number of hydrogen-bond donors (Lipinski definition) is 2. The van der Waals surface area contributed by atoms with Crippen molar-refractivity contribution in [3.63, 3.8) is 0 Å². The fourth-order valence-electron chi connectivity index (χ4n) is 2.35. The van der Waals surface area contributed by atoms with Crippen LogP contribution in [0.25, 0.3) is 10.9 Å². The van der Waals surface area contributed by atoms with Crippen LogP contribution < -0.4 is 11.1 Å². The van der Waals surface area contributed by atoms with Gasteiger partial charge in [-0.05, 0) is 12.1 Å². The average molecular weight is 326 g/mol. The van der Waals surface area contributed by atoms with Crippen molar-refractivity contribution in [1.29, 1.82) is 0 Å². The highest BCUT2D eigenvalue weighted by atomic mass is 16.2. The Hall–Kier alpha value is -3.16. The van der Waals surface area contributed by atoms with Gasteiger partial charge in [0.15, 0.2) is 5.82 Å². The Morgan fingerprint density at radius 1 is 1.29 bits per heavy atom. The summed E-state index contributed by atoms with van der Waals surface area (Å²) in [6.07, 6.45) is 3.20.